The van der Waals surface area contributed by atoms with Crippen molar-refractivity contribution in [1.82, 2.24) is 19.3 Å². The minimum Gasteiger partial charge on any atom is -0.299 e. The van der Waals surface area contributed by atoms with E-state index in [0.717, 1.165) is 39.0 Å². The summed E-state index contributed by atoms with van der Waals surface area (Å²) in [5.41, 5.74) is 6.33. The van der Waals surface area contributed by atoms with Gasteiger partial charge in [-0.25, -0.2) is 17.8 Å². The number of sulfonamides is 1. The number of hydrogen-bond acceptors (Lipinski definition) is 4. The maximum absolute atomic E-state index is 13.5. The highest BCUT2D eigenvalue weighted by atomic mass is 32.2. The second-order valence-corrected chi connectivity index (χ2v) is 10.0. The third-order valence-corrected chi connectivity index (χ3v) is 6.92. The van der Waals surface area contributed by atoms with Gasteiger partial charge in [-0.15, -0.1) is 0 Å². The molecule has 0 amide bonds. The van der Waals surface area contributed by atoms with E-state index in [1.807, 2.05) is 42.1 Å². The van der Waals surface area contributed by atoms with Crippen LogP contribution in [0.4, 0.5) is 10.1 Å². The summed E-state index contributed by atoms with van der Waals surface area (Å²) in [6.07, 6.45) is 5.45. The quantitative estimate of drug-likeness (QED) is 0.375. The van der Waals surface area contributed by atoms with Gasteiger partial charge >= 0.3 is 0 Å². The van der Waals surface area contributed by atoms with E-state index in [0.29, 0.717) is 5.69 Å². The molecule has 172 valence electrons. The lowest BCUT2D eigenvalue weighted by atomic mass is 10.0. The Morgan fingerprint density at radius 3 is 2.41 bits per heavy atom. The average molecular weight is 476 g/mol. The van der Waals surface area contributed by atoms with Crippen LogP contribution in [0.1, 0.15) is 6.92 Å². The molecule has 0 aliphatic heterocycles. The second kappa shape index (κ2) is 8.42. The molecule has 3 aromatic carbocycles. The van der Waals surface area contributed by atoms with Crippen molar-refractivity contribution in [1.29, 1.82) is 0 Å². The van der Waals surface area contributed by atoms with Gasteiger partial charge < -0.3 is 0 Å². The number of fused-ring (bicyclic) bond motifs is 1. The van der Waals surface area contributed by atoms with E-state index >= 15 is 0 Å². The van der Waals surface area contributed by atoms with E-state index in [-0.39, 0.29) is 11.6 Å². The molecular formula is C25H22FN5O2S. The predicted molar refractivity (Wildman–Crippen MR) is 132 cm³/mol. The Morgan fingerprint density at radius 2 is 1.71 bits per heavy atom. The number of aryl methyl sites for hydroxylation is 1. The first kappa shape index (κ1) is 21.8. The molecule has 0 aliphatic carbocycles. The number of rotatable bonds is 6. The van der Waals surface area contributed by atoms with Gasteiger partial charge in [0.1, 0.15) is 12.1 Å². The number of nitrogens with one attached hydrogen (secondary N) is 1. The minimum atomic E-state index is -3.48. The molecule has 5 aromatic rings. The van der Waals surface area contributed by atoms with Crippen molar-refractivity contribution in [2.24, 2.45) is 7.05 Å². The highest BCUT2D eigenvalue weighted by molar-refractivity contribution is 7.92. The van der Waals surface area contributed by atoms with Crippen LogP contribution < -0.4 is 4.72 Å². The molecule has 0 fully saturated rings. The van der Waals surface area contributed by atoms with E-state index in [1.54, 1.807) is 48.4 Å². The first-order valence-electron chi connectivity index (χ1n) is 10.7. The molecule has 0 atom stereocenters. The molecule has 0 radical (unpaired) electrons. The monoisotopic (exact) mass is 475 g/mol. The van der Waals surface area contributed by atoms with Gasteiger partial charge in [0, 0.05) is 24.5 Å². The number of hydrogen-bond donors (Lipinski definition) is 1. The molecule has 34 heavy (non-hydrogen) atoms. The molecule has 0 bridgehead atoms. The maximum Gasteiger partial charge on any atom is 0.232 e. The highest BCUT2D eigenvalue weighted by Gasteiger charge is 2.13. The van der Waals surface area contributed by atoms with Crippen molar-refractivity contribution in [3.05, 3.63) is 85.2 Å². The van der Waals surface area contributed by atoms with Crippen molar-refractivity contribution >= 4 is 26.7 Å². The Balaban J connectivity index is 1.63. The van der Waals surface area contributed by atoms with Crippen LogP contribution in [-0.4, -0.2) is 33.5 Å². The molecule has 1 N–H and O–H groups in total. The Morgan fingerprint density at radius 1 is 0.941 bits per heavy atom. The van der Waals surface area contributed by atoms with Crippen LogP contribution in [0.25, 0.3) is 39.0 Å². The normalized spacial score (nSPS) is 11.7. The number of anilines is 1. The zero-order valence-electron chi connectivity index (χ0n) is 18.6. The van der Waals surface area contributed by atoms with Gasteiger partial charge in [0.05, 0.1) is 28.7 Å². The van der Waals surface area contributed by atoms with Crippen LogP contribution in [0.5, 0.6) is 0 Å². The van der Waals surface area contributed by atoms with Crippen LogP contribution in [0, 0.1) is 5.82 Å². The van der Waals surface area contributed by atoms with Crippen LogP contribution in [0.15, 0.2) is 79.4 Å². The van der Waals surface area contributed by atoms with E-state index in [2.05, 4.69) is 14.8 Å². The maximum atomic E-state index is 13.5. The molecule has 0 spiro atoms. The SMILES string of the molecule is CCS(=O)(=O)Nc1cc(-c2ccc(F)cc2)cc(-n2cnc3cc(-c4cnn(C)c4)ccc32)c1. The van der Waals surface area contributed by atoms with Crippen LogP contribution in [0.3, 0.4) is 0 Å². The lowest BCUT2D eigenvalue weighted by molar-refractivity contribution is 0.602. The summed E-state index contributed by atoms with van der Waals surface area (Å²) in [6.45, 7) is 1.58. The van der Waals surface area contributed by atoms with E-state index in [1.165, 1.54) is 12.1 Å². The topological polar surface area (TPSA) is 81.8 Å². The van der Waals surface area contributed by atoms with E-state index < -0.39 is 10.0 Å². The van der Waals surface area contributed by atoms with Gasteiger partial charge in [-0.2, -0.15) is 5.10 Å². The summed E-state index contributed by atoms with van der Waals surface area (Å²) in [6, 6.07) is 17.5. The Bertz CT molecular complexity index is 1600. The van der Waals surface area contributed by atoms with Crippen LogP contribution >= 0.6 is 0 Å². The highest BCUT2D eigenvalue weighted by Crippen LogP contribution is 2.30. The fourth-order valence-corrected chi connectivity index (χ4v) is 4.46. The van der Waals surface area contributed by atoms with Gasteiger partial charge in [-0.05, 0) is 66.1 Å². The predicted octanol–water partition coefficient (Wildman–Crippen LogP) is 4.99. The number of halogens is 1. The molecule has 0 aliphatic rings. The zero-order valence-corrected chi connectivity index (χ0v) is 19.4. The fourth-order valence-electron chi connectivity index (χ4n) is 3.84. The standard InChI is InChI=1S/C25H22FN5O2S/c1-3-34(32,33)29-22-10-19(17-4-7-21(26)8-5-17)11-23(13-22)31-16-27-24-12-18(6-9-25(24)31)20-14-28-30(2)15-20/h4-16,29H,3H2,1-2H3. The van der Waals surface area contributed by atoms with Crippen molar-refractivity contribution in [3.8, 4) is 27.9 Å². The lowest BCUT2D eigenvalue weighted by Crippen LogP contribution is -2.14. The number of nitrogens with zero attached hydrogens (tertiary/aromatic N) is 4. The summed E-state index contributed by atoms with van der Waals surface area (Å²) in [7, 11) is -1.61. The first-order chi connectivity index (χ1) is 16.3. The van der Waals surface area contributed by atoms with Gasteiger partial charge in [0.25, 0.3) is 0 Å². The van der Waals surface area contributed by atoms with Gasteiger partial charge in [0.2, 0.25) is 10.0 Å². The third kappa shape index (κ3) is 4.29. The van der Waals surface area contributed by atoms with Crippen molar-refractivity contribution in [3.63, 3.8) is 0 Å². The van der Waals surface area contributed by atoms with Crippen LogP contribution in [-0.2, 0) is 17.1 Å². The summed E-state index contributed by atoms with van der Waals surface area (Å²) in [5, 5.41) is 4.23. The smallest absolute Gasteiger partial charge is 0.232 e. The van der Waals surface area contributed by atoms with E-state index in [4.69, 9.17) is 0 Å². The summed E-state index contributed by atoms with van der Waals surface area (Å²) < 4.78 is 44.3. The first-order valence-corrected chi connectivity index (χ1v) is 12.3. The summed E-state index contributed by atoms with van der Waals surface area (Å²) in [4.78, 5) is 4.57. The molecule has 0 saturated carbocycles. The van der Waals surface area contributed by atoms with Crippen molar-refractivity contribution in [2.75, 3.05) is 10.5 Å². The Hall–Kier alpha value is -3.98. The minimum absolute atomic E-state index is 0.0474. The third-order valence-electron chi connectivity index (χ3n) is 5.61. The van der Waals surface area contributed by atoms with Gasteiger partial charge in [-0.1, -0.05) is 18.2 Å². The number of imidazole rings is 1. The Kier molecular flexibility index (Phi) is 5.41. The van der Waals surface area contributed by atoms with Gasteiger partial charge in [-0.3, -0.25) is 14.0 Å². The van der Waals surface area contributed by atoms with Gasteiger partial charge in [0.15, 0.2) is 0 Å². The van der Waals surface area contributed by atoms with Crippen molar-refractivity contribution in [2.45, 2.75) is 6.92 Å². The Labute approximate surface area is 196 Å². The molecular weight excluding hydrogens is 453 g/mol. The molecule has 0 saturated heterocycles. The number of aromatic nitrogens is 4. The van der Waals surface area contributed by atoms with Crippen LogP contribution in [0.2, 0.25) is 0 Å². The second-order valence-electron chi connectivity index (χ2n) is 8.00. The fraction of sp³-hybridized carbons (Fsp3) is 0.120. The largest absolute Gasteiger partial charge is 0.299 e. The molecule has 7 nitrogen and oxygen atoms in total. The van der Waals surface area contributed by atoms with Crippen molar-refractivity contribution < 1.29 is 12.8 Å². The molecule has 2 heterocycles. The zero-order chi connectivity index (χ0) is 23.9. The molecule has 9 heteroatoms. The summed E-state index contributed by atoms with van der Waals surface area (Å²) >= 11 is 0. The summed E-state index contributed by atoms with van der Waals surface area (Å²) in [5.74, 6) is -0.384. The average Bonchev–Trinajstić information content (AvgIpc) is 3.45. The molecule has 0 unspecified atom stereocenters. The molecule has 5 rings (SSSR count). The van der Waals surface area contributed by atoms with E-state index in [9.17, 15) is 12.8 Å². The molecule has 2 aromatic heterocycles. The lowest BCUT2D eigenvalue weighted by Gasteiger charge is -2.13. The number of benzene rings is 3.